The van der Waals surface area contributed by atoms with Gasteiger partial charge in [-0.15, -0.1) is 11.3 Å². The van der Waals surface area contributed by atoms with Crippen molar-refractivity contribution in [3.8, 4) is 11.5 Å². The lowest BCUT2D eigenvalue weighted by Gasteiger charge is -2.26. The Kier molecular flexibility index (Phi) is 4.51. The number of nitrogens with zero attached hydrogens (tertiary/aromatic N) is 1. The van der Waals surface area contributed by atoms with E-state index in [4.69, 9.17) is 14.3 Å². The monoisotopic (exact) mass is 434 g/mol. The molecule has 2 unspecified atom stereocenters. The van der Waals surface area contributed by atoms with Gasteiger partial charge in [0.05, 0.1) is 19.1 Å². The van der Waals surface area contributed by atoms with E-state index in [2.05, 4.69) is 10.5 Å². The lowest BCUT2D eigenvalue weighted by molar-refractivity contribution is -0.140. The van der Waals surface area contributed by atoms with Crippen LogP contribution in [0.25, 0.3) is 0 Å². The third-order valence-corrected chi connectivity index (χ3v) is 6.48. The van der Waals surface area contributed by atoms with Crippen LogP contribution in [0.4, 0.5) is 5.69 Å². The van der Waals surface area contributed by atoms with Crippen LogP contribution in [-0.2, 0) is 15.2 Å². The smallest absolute Gasteiger partial charge is 0.277 e. The van der Waals surface area contributed by atoms with Crippen LogP contribution in [0.1, 0.15) is 20.8 Å². The van der Waals surface area contributed by atoms with E-state index in [9.17, 15) is 9.59 Å². The van der Waals surface area contributed by atoms with Crippen LogP contribution in [0.3, 0.4) is 0 Å². The molecule has 0 saturated carbocycles. The summed E-state index contributed by atoms with van der Waals surface area (Å²) in [6.45, 7) is 0. The van der Waals surface area contributed by atoms with Gasteiger partial charge in [-0.3, -0.25) is 9.59 Å². The zero-order valence-corrected chi connectivity index (χ0v) is 17.6. The van der Waals surface area contributed by atoms with Gasteiger partial charge in [-0.05, 0) is 29.6 Å². The number of carbonyl (C=O) groups is 2. The number of ether oxygens (including phenoxy) is 2. The molecular weight excluding hydrogens is 416 g/mol. The third kappa shape index (κ3) is 2.75. The Labute approximate surface area is 182 Å². The fourth-order valence-corrected chi connectivity index (χ4v) is 4.83. The van der Waals surface area contributed by atoms with Crippen molar-refractivity contribution in [2.45, 2.75) is 5.60 Å². The first-order chi connectivity index (χ1) is 15.1. The highest BCUT2D eigenvalue weighted by atomic mass is 32.1. The summed E-state index contributed by atoms with van der Waals surface area (Å²) in [6, 6.07) is 15.9. The Morgan fingerprint density at radius 1 is 1.13 bits per heavy atom. The second-order valence-corrected chi connectivity index (χ2v) is 8.09. The second kappa shape index (κ2) is 7.24. The number of hydrogen-bond donors (Lipinski definition) is 1. The molecule has 1 N–H and O–H groups in total. The number of rotatable bonds is 5. The normalized spacial score (nSPS) is 21.3. The number of amides is 1. The molecule has 31 heavy (non-hydrogen) atoms. The molecule has 2 aromatic carbocycles. The zero-order valence-electron chi connectivity index (χ0n) is 16.7. The minimum Gasteiger partial charge on any atom is -0.497 e. The van der Waals surface area contributed by atoms with E-state index >= 15 is 0 Å². The number of fused-ring (bicyclic) bond motifs is 2. The van der Waals surface area contributed by atoms with Gasteiger partial charge in [-0.25, -0.2) is 0 Å². The first-order valence-corrected chi connectivity index (χ1v) is 10.4. The number of carbonyl (C=O) groups excluding carboxylic acids is 2. The highest BCUT2D eigenvalue weighted by Gasteiger charge is 2.63. The van der Waals surface area contributed by atoms with Crippen molar-refractivity contribution in [3.05, 3.63) is 76.0 Å². The molecule has 2 aliphatic rings. The summed E-state index contributed by atoms with van der Waals surface area (Å²) in [5, 5.41) is 8.95. The molecule has 3 aromatic rings. The van der Waals surface area contributed by atoms with Gasteiger partial charge in [0.2, 0.25) is 0 Å². The van der Waals surface area contributed by atoms with E-state index in [1.54, 1.807) is 49.6 Å². The molecule has 0 fully saturated rings. The first kappa shape index (κ1) is 19.3. The lowest BCUT2D eigenvalue weighted by Crippen LogP contribution is -2.46. The summed E-state index contributed by atoms with van der Waals surface area (Å²) in [5.41, 5.74) is 0.505. The maximum atomic E-state index is 13.7. The number of anilines is 1. The summed E-state index contributed by atoms with van der Waals surface area (Å²) in [6.07, 6.45) is 0. The van der Waals surface area contributed by atoms with E-state index in [0.717, 1.165) is 0 Å². The molecule has 2 atom stereocenters. The van der Waals surface area contributed by atoms with Crippen LogP contribution in [0.2, 0.25) is 0 Å². The molecular formula is C23H18N2O5S. The SMILES string of the molecule is COc1ccc(C2=NOC3(C(=O)Nc4ccccc43)C2C(=O)c2cccs2)c(OC)c1. The van der Waals surface area contributed by atoms with Gasteiger partial charge in [-0.1, -0.05) is 29.4 Å². The fourth-order valence-electron chi connectivity index (χ4n) is 4.13. The van der Waals surface area contributed by atoms with E-state index in [-0.39, 0.29) is 5.78 Å². The van der Waals surface area contributed by atoms with Crippen molar-refractivity contribution in [2.24, 2.45) is 11.1 Å². The van der Waals surface area contributed by atoms with Gasteiger partial charge < -0.3 is 19.6 Å². The largest absolute Gasteiger partial charge is 0.497 e. The van der Waals surface area contributed by atoms with Crippen LogP contribution in [0.15, 0.2) is 65.1 Å². The third-order valence-electron chi connectivity index (χ3n) is 5.59. The predicted molar refractivity (Wildman–Crippen MR) is 116 cm³/mol. The number of oxime groups is 1. The number of methoxy groups -OCH3 is 2. The summed E-state index contributed by atoms with van der Waals surface area (Å²) in [4.78, 5) is 33.4. The van der Waals surface area contributed by atoms with Gasteiger partial charge in [0.1, 0.15) is 23.1 Å². The van der Waals surface area contributed by atoms with Gasteiger partial charge in [0.25, 0.3) is 11.5 Å². The van der Waals surface area contributed by atoms with Gasteiger partial charge in [0.15, 0.2) is 5.78 Å². The number of ketones is 1. The maximum absolute atomic E-state index is 13.7. The van der Waals surface area contributed by atoms with Crippen LogP contribution >= 0.6 is 11.3 Å². The van der Waals surface area contributed by atoms with Crippen molar-refractivity contribution in [2.75, 3.05) is 19.5 Å². The van der Waals surface area contributed by atoms with Crippen molar-refractivity contribution < 1.29 is 23.9 Å². The molecule has 8 heteroatoms. The van der Waals surface area contributed by atoms with Crippen molar-refractivity contribution in [1.29, 1.82) is 0 Å². The summed E-state index contributed by atoms with van der Waals surface area (Å²) < 4.78 is 10.8. The Bertz CT molecular complexity index is 1220. The molecule has 3 heterocycles. The molecule has 156 valence electrons. The van der Waals surface area contributed by atoms with Gasteiger partial charge >= 0.3 is 0 Å². The molecule has 2 aliphatic heterocycles. The highest BCUT2D eigenvalue weighted by molar-refractivity contribution is 7.12. The fraction of sp³-hybridized carbons (Fsp3) is 0.174. The Morgan fingerprint density at radius 2 is 1.97 bits per heavy atom. The predicted octanol–water partition coefficient (Wildman–Crippen LogP) is 3.85. The first-order valence-electron chi connectivity index (χ1n) is 9.57. The molecule has 0 aliphatic carbocycles. The number of thiophene rings is 1. The van der Waals surface area contributed by atoms with Crippen molar-refractivity contribution in [1.82, 2.24) is 0 Å². The standard InChI is InChI=1S/C23H18N2O5S/c1-28-13-9-10-14(17(12-13)29-2)20-19(21(26)18-8-5-11-31-18)23(30-25-20)15-6-3-4-7-16(15)24-22(23)27/h3-12,19H,1-2H3,(H,24,27). The summed E-state index contributed by atoms with van der Waals surface area (Å²) in [7, 11) is 3.08. The van der Waals surface area contributed by atoms with E-state index in [1.165, 1.54) is 18.4 Å². The van der Waals surface area contributed by atoms with Gasteiger partial charge in [-0.2, -0.15) is 0 Å². The number of para-hydroxylation sites is 1. The van der Waals surface area contributed by atoms with Crippen LogP contribution in [-0.4, -0.2) is 31.6 Å². The quantitative estimate of drug-likeness (QED) is 0.617. The number of Topliss-reactive ketones (excluding diaryl/α,β-unsaturated/α-hetero) is 1. The Hall–Kier alpha value is -3.65. The van der Waals surface area contributed by atoms with Crippen LogP contribution in [0, 0.1) is 5.92 Å². The molecule has 0 bridgehead atoms. The van der Waals surface area contributed by atoms with Crippen molar-refractivity contribution >= 4 is 34.4 Å². The average Bonchev–Trinajstić information content (AvgIpc) is 3.53. The molecule has 0 radical (unpaired) electrons. The molecule has 1 spiro atoms. The zero-order chi connectivity index (χ0) is 21.6. The molecule has 7 nitrogen and oxygen atoms in total. The average molecular weight is 434 g/mol. The van der Waals surface area contributed by atoms with E-state index < -0.39 is 17.4 Å². The molecule has 1 aromatic heterocycles. The minimum absolute atomic E-state index is 0.240. The number of hydrogen-bond acceptors (Lipinski definition) is 7. The van der Waals surface area contributed by atoms with E-state index in [1.807, 2.05) is 17.5 Å². The van der Waals surface area contributed by atoms with Crippen LogP contribution < -0.4 is 14.8 Å². The van der Waals surface area contributed by atoms with Crippen molar-refractivity contribution in [3.63, 3.8) is 0 Å². The maximum Gasteiger partial charge on any atom is 0.277 e. The Balaban J connectivity index is 1.71. The van der Waals surface area contributed by atoms with E-state index in [0.29, 0.717) is 38.9 Å². The Morgan fingerprint density at radius 3 is 2.71 bits per heavy atom. The summed E-state index contributed by atoms with van der Waals surface area (Å²) in [5.74, 6) is -0.586. The lowest BCUT2D eigenvalue weighted by atomic mass is 9.75. The topological polar surface area (TPSA) is 86.2 Å². The summed E-state index contributed by atoms with van der Waals surface area (Å²) >= 11 is 1.31. The molecule has 1 amide bonds. The minimum atomic E-state index is -1.59. The number of benzene rings is 2. The van der Waals surface area contributed by atoms with Gasteiger partial charge in [0, 0.05) is 22.9 Å². The highest BCUT2D eigenvalue weighted by Crippen LogP contribution is 2.50. The second-order valence-electron chi connectivity index (χ2n) is 7.14. The number of nitrogens with one attached hydrogen (secondary N) is 1. The van der Waals surface area contributed by atoms with Crippen LogP contribution in [0.5, 0.6) is 11.5 Å². The molecule has 0 saturated heterocycles. The molecule has 5 rings (SSSR count).